The number of hydrogen-bond donors (Lipinski definition) is 1. The van der Waals surface area contributed by atoms with E-state index in [0.717, 1.165) is 26.9 Å². The second-order valence-corrected chi connectivity index (χ2v) is 7.24. The number of nitrogens with zero attached hydrogens (tertiary/aromatic N) is 4. The molecule has 1 aromatic carbocycles. The quantitative estimate of drug-likeness (QED) is 0.609. The van der Waals surface area contributed by atoms with Crippen LogP contribution in [-0.2, 0) is 11.2 Å². The number of hydrogen-bond acceptors (Lipinski definition) is 6. The fraction of sp³-hybridized carbons (Fsp3) is 0.125. The van der Waals surface area contributed by atoms with Crippen LogP contribution in [0.3, 0.4) is 0 Å². The topological polar surface area (TPSA) is 72.2 Å². The molecule has 0 fully saturated rings. The lowest BCUT2D eigenvalue weighted by molar-refractivity contribution is -0.115. The number of imidazole rings is 1. The molecule has 0 saturated carbocycles. The normalized spacial score (nSPS) is 11.0. The van der Waals surface area contributed by atoms with Gasteiger partial charge >= 0.3 is 0 Å². The van der Waals surface area contributed by atoms with E-state index in [1.807, 2.05) is 53.2 Å². The van der Waals surface area contributed by atoms with Crippen LogP contribution in [0.5, 0.6) is 0 Å². The Labute approximate surface area is 145 Å². The summed E-state index contributed by atoms with van der Waals surface area (Å²) in [6, 6.07) is 10.0. The average molecular weight is 355 g/mol. The van der Waals surface area contributed by atoms with Crippen LogP contribution >= 0.6 is 22.7 Å². The van der Waals surface area contributed by atoms with Crippen LogP contribution < -0.4 is 5.32 Å². The number of carbonyl (C=O) groups is 1. The number of anilines is 1. The molecule has 4 rings (SSSR count). The van der Waals surface area contributed by atoms with Gasteiger partial charge in [-0.1, -0.05) is 41.7 Å². The van der Waals surface area contributed by atoms with Gasteiger partial charge in [0.25, 0.3) is 0 Å². The van der Waals surface area contributed by atoms with Gasteiger partial charge in [0.1, 0.15) is 5.01 Å². The molecule has 0 bridgehead atoms. The Morgan fingerprint density at radius 2 is 2.08 bits per heavy atom. The highest BCUT2D eigenvalue weighted by Crippen LogP contribution is 2.24. The molecule has 120 valence electrons. The zero-order chi connectivity index (χ0) is 16.5. The lowest BCUT2D eigenvalue weighted by atomic mass is 10.2. The van der Waals surface area contributed by atoms with Gasteiger partial charge in [0.2, 0.25) is 11.0 Å². The average Bonchev–Trinajstić information content (AvgIpc) is 3.26. The van der Waals surface area contributed by atoms with Gasteiger partial charge in [-0.15, -0.1) is 21.5 Å². The maximum absolute atomic E-state index is 12.2. The predicted molar refractivity (Wildman–Crippen MR) is 95.5 cm³/mol. The third-order valence-corrected chi connectivity index (χ3v) is 5.11. The standard InChI is InChI=1S/C16H13N5OS2/c1-10-19-20-15(24-10)18-14(22)7-12-9-23-16-17-13(8-21(12)16)11-5-3-2-4-6-11/h2-6,8-9H,7H2,1H3,(H,18,20,22). The molecular weight excluding hydrogens is 342 g/mol. The molecule has 4 aromatic rings. The Kier molecular flexibility index (Phi) is 3.83. The van der Waals surface area contributed by atoms with E-state index in [1.54, 1.807) is 0 Å². The Bertz CT molecular complexity index is 1000. The van der Waals surface area contributed by atoms with Gasteiger partial charge in [0.15, 0.2) is 4.96 Å². The summed E-state index contributed by atoms with van der Waals surface area (Å²) in [6.07, 6.45) is 2.24. The van der Waals surface area contributed by atoms with Gasteiger partial charge in [-0.05, 0) is 6.92 Å². The van der Waals surface area contributed by atoms with Crippen molar-refractivity contribution in [3.8, 4) is 11.3 Å². The van der Waals surface area contributed by atoms with Crippen molar-refractivity contribution in [1.82, 2.24) is 19.6 Å². The molecule has 0 aliphatic carbocycles. The van der Waals surface area contributed by atoms with Gasteiger partial charge < -0.3 is 5.32 Å². The molecule has 8 heteroatoms. The number of benzene rings is 1. The number of carbonyl (C=O) groups excluding carboxylic acids is 1. The van der Waals surface area contributed by atoms with Crippen molar-refractivity contribution >= 4 is 38.7 Å². The minimum absolute atomic E-state index is 0.110. The first-order valence-corrected chi connectivity index (χ1v) is 8.99. The summed E-state index contributed by atoms with van der Waals surface area (Å²) >= 11 is 2.89. The van der Waals surface area contributed by atoms with Crippen LogP contribution in [0.25, 0.3) is 16.2 Å². The highest BCUT2D eigenvalue weighted by molar-refractivity contribution is 7.15. The monoisotopic (exact) mass is 355 g/mol. The maximum atomic E-state index is 12.2. The molecule has 0 atom stereocenters. The van der Waals surface area contributed by atoms with Crippen molar-refractivity contribution in [2.45, 2.75) is 13.3 Å². The molecule has 6 nitrogen and oxygen atoms in total. The second-order valence-electron chi connectivity index (χ2n) is 5.22. The van der Waals surface area contributed by atoms with Crippen LogP contribution in [0.4, 0.5) is 5.13 Å². The molecule has 0 unspecified atom stereocenters. The van der Waals surface area contributed by atoms with Crippen molar-refractivity contribution in [2.24, 2.45) is 0 Å². The Balaban J connectivity index is 1.56. The van der Waals surface area contributed by atoms with Crippen molar-refractivity contribution in [2.75, 3.05) is 5.32 Å². The molecule has 1 N–H and O–H groups in total. The van der Waals surface area contributed by atoms with Crippen LogP contribution in [0, 0.1) is 6.92 Å². The first kappa shape index (κ1) is 15.0. The summed E-state index contributed by atoms with van der Waals surface area (Å²) in [5.74, 6) is -0.110. The summed E-state index contributed by atoms with van der Waals surface area (Å²) < 4.78 is 1.97. The van der Waals surface area contributed by atoms with Crippen LogP contribution in [0.15, 0.2) is 41.9 Å². The third kappa shape index (κ3) is 2.93. The van der Waals surface area contributed by atoms with E-state index in [1.165, 1.54) is 22.7 Å². The van der Waals surface area contributed by atoms with E-state index < -0.39 is 0 Å². The largest absolute Gasteiger partial charge is 0.300 e. The molecule has 24 heavy (non-hydrogen) atoms. The first-order chi connectivity index (χ1) is 11.7. The minimum Gasteiger partial charge on any atom is -0.300 e. The van der Waals surface area contributed by atoms with Gasteiger partial charge in [0.05, 0.1) is 12.1 Å². The van der Waals surface area contributed by atoms with Crippen molar-refractivity contribution in [3.63, 3.8) is 0 Å². The van der Waals surface area contributed by atoms with E-state index in [-0.39, 0.29) is 12.3 Å². The molecule has 0 aliphatic heterocycles. The first-order valence-electron chi connectivity index (χ1n) is 7.30. The lowest BCUT2D eigenvalue weighted by Crippen LogP contribution is -2.15. The maximum Gasteiger partial charge on any atom is 0.232 e. The number of rotatable bonds is 4. The number of thiazole rings is 1. The number of aryl methyl sites for hydroxylation is 1. The zero-order valence-corrected chi connectivity index (χ0v) is 14.4. The smallest absolute Gasteiger partial charge is 0.232 e. The summed E-state index contributed by atoms with van der Waals surface area (Å²) in [7, 11) is 0. The number of nitrogens with one attached hydrogen (secondary N) is 1. The Morgan fingerprint density at radius 1 is 1.25 bits per heavy atom. The van der Waals surface area contributed by atoms with Gasteiger partial charge in [0, 0.05) is 22.8 Å². The van der Waals surface area contributed by atoms with Crippen LogP contribution in [0.2, 0.25) is 0 Å². The lowest BCUT2D eigenvalue weighted by Gasteiger charge is -2.00. The molecule has 3 aromatic heterocycles. The predicted octanol–water partition coefficient (Wildman–Crippen LogP) is 3.40. The van der Waals surface area contributed by atoms with Crippen molar-refractivity contribution in [1.29, 1.82) is 0 Å². The van der Waals surface area contributed by atoms with E-state index in [2.05, 4.69) is 20.5 Å². The summed E-state index contributed by atoms with van der Waals surface area (Å²) in [5, 5.41) is 13.9. The number of fused-ring (bicyclic) bond motifs is 1. The molecule has 0 saturated heterocycles. The highest BCUT2D eigenvalue weighted by Gasteiger charge is 2.13. The molecular formula is C16H13N5OS2. The fourth-order valence-corrected chi connectivity index (χ4v) is 3.86. The minimum atomic E-state index is -0.110. The third-order valence-electron chi connectivity index (χ3n) is 3.47. The summed E-state index contributed by atoms with van der Waals surface area (Å²) in [6.45, 7) is 1.85. The van der Waals surface area contributed by atoms with Crippen LogP contribution in [0.1, 0.15) is 10.7 Å². The van der Waals surface area contributed by atoms with Gasteiger partial charge in [-0.25, -0.2) is 4.98 Å². The van der Waals surface area contributed by atoms with Crippen molar-refractivity contribution < 1.29 is 4.79 Å². The summed E-state index contributed by atoms with van der Waals surface area (Å²) in [5.41, 5.74) is 2.88. The number of amides is 1. The van der Waals surface area contributed by atoms with Crippen molar-refractivity contribution in [3.05, 3.63) is 52.6 Å². The molecule has 1 amide bonds. The number of aromatic nitrogens is 4. The van der Waals surface area contributed by atoms with E-state index in [9.17, 15) is 4.79 Å². The second kappa shape index (κ2) is 6.14. The van der Waals surface area contributed by atoms with E-state index in [0.29, 0.717) is 5.13 Å². The SMILES string of the molecule is Cc1nnc(NC(=O)Cc2csc3nc(-c4ccccc4)cn23)s1. The fourth-order valence-electron chi connectivity index (χ4n) is 2.38. The Morgan fingerprint density at radius 3 is 2.83 bits per heavy atom. The zero-order valence-electron chi connectivity index (χ0n) is 12.8. The molecule has 0 radical (unpaired) electrons. The van der Waals surface area contributed by atoms with Crippen LogP contribution in [-0.4, -0.2) is 25.5 Å². The van der Waals surface area contributed by atoms with Gasteiger partial charge in [-0.2, -0.15) is 0 Å². The van der Waals surface area contributed by atoms with Gasteiger partial charge in [-0.3, -0.25) is 9.20 Å². The molecule has 3 heterocycles. The molecule has 0 aliphatic rings. The Hall–Kier alpha value is -2.58. The summed E-state index contributed by atoms with van der Waals surface area (Å²) in [4.78, 5) is 17.7. The van der Waals surface area contributed by atoms with E-state index >= 15 is 0 Å². The van der Waals surface area contributed by atoms with E-state index in [4.69, 9.17) is 0 Å². The highest BCUT2D eigenvalue weighted by atomic mass is 32.1. The molecule has 0 spiro atoms.